The first kappa shape index (κ1) is 14.8. The summed E-state index contributed by atoms with van der Waals surface area (Å²) in [5, 5.41) is 0. The van der Waals surface area contributed by atoms with E-state index in [2.05, 4.69) is 4.74 Å². The van der Waals surface area contributed by atoms with E-state index in [4.69, 9.17) is 5.73 Å². The van der Waals surface area contributed by atoms with Gasteiger partial charge in [0.25, 0.3) is 0 Å². The van der Waals surface area contributed by atoms with Crippen molar-refractivity contribution in [1.82, 2.24) is 0 Å². The molecular formula is C11H12F5NO. The molecule has 0 aliphatic rings. The summed E-state index contributed by atoms with van der Waals surface area (Å²) in [4.78, 5) is 0. The largest absolute Gasteiger partial charge is 0.411 e. The molecule has 7 heteroatoms. The number of hydrogen-bond donors (Lipinski definition) is 1. The van der Waals surface area contributed by atoms with E-state index in [-0.39, 0.29) is 13.0 Å². The topological polar surface area (TPSA) is 35.2 Å². The van der Waals surface area contributed by atoms with Crippen molar-refractivity contribution >= 4 is 0 Å². The highest BCUT2D eigenvalue weighted by molar-refractivity contribution is 5.18. The lowest BCUT2D eigenvalue weighted by molar-refractivity contribution is -0.174. The molecule has 2 nitrogen and oxygen atoms in total. The number of rotatable bonds is 5. The molecule has 0 aliphatic heterocycles. The van der Waals surface area contributed by atoms with E-state index < -0.39 is 30.5 Å². The number of benzene rings is 1. The highest BCUT2D eigenvalue weighted by atomic mass is 19.4. The molecule has 0 amide bonds. The van der Waals surface area contributed by atoms with Crippen LogP contribution in [0.2, 0.25) is 0 Å². The van der Waals surface area contributed by atoms with Gasteiger partial charge in [0.1, 0.15) is 6.61 Å². The van der Waals surface area contributed by atoms with Gasteiger partial charge in [-0.1, -0.05) is 6.07 Å². The first-order valence-electron chi connectivity index (χ1n) is 5.12. The van der Waals surface area contributed by atoms with Crippen LogP contribution in [0.3, 0.4) is 0 Å². The third-order valence-corrected chi connectivity index (χ3v) is 2.08. The number of nitrogens with two attached hydrogens (primary N) is 1. The van der Waals surface area contributed by atoms with Crippen LogP contribution < -0.4 is 5.73 Å². The van der Waals surface area contributed by atoms with E-state index >= 15 is 0 Å². The van der Waals surface area contributed by atoms with Crippen molar-refractivity contribution in [2.45, 2.75) is 18.6 Å². The number of ether oxygens (including phenoxy) is 1. The minimum Gasteiger partial charge on any atom is -0.370 e. The van der Waals surface area contributed by atoms with Gasteiger partial charge < -0.3 is 10.5 Å². The van der Waals surface area contributed by atoms with Gasteiger partial charge in [0.05, 0.1) is 6.61 Å². The van der Waals surface area contributed by atoms with E-state index in [0.717, 1.165) is 12.1 Å². The zero-order valence-corrected chi connectivity index (χ0v) is 9.31. The Kier molecular flexibility index (Phi) is 5.03. The lowest BCUT2D eigenvalue weighted by Crippen LogP contribution is -2.31. The summed E-state index contributed by atoms with van der Waals surface area (Å²) in [5.41, 5.74) is 5.91. The monoisotopic (exact) mass is 269 g/mol. The molecule has 0 fully saturated rings. The molecular weight excluding hydrogens is 257 g/mol. The summed E-state index contributed by atoms with van der Waals surface area (Å²) in [7, 11) is 0. The molecule has 0 saturated heterocycles. The predicted molar refractivity (Wildman–Crippen MR) is 54.9 cm³/mol. The van der Waals surface area contributed by atoms with Gasteiger partial charge in [0.2, 0.25) is 0 Å². The van der Waals surface area contributed by atoms with E-state index in [0.29, 0.717) is 5.56 Å². The lowest BCUT2D eigenvalue weighted by Gasteiger charge is -2.13. The molecule has 0 bridgehead atoms. The third kappa shape index (κ3) is 5.42. The fourth-order valence-electron chi connectivity index (χ4n) is 1.35. The fourth-order valence-corrected chi connectivity index (χ4v) is 1.35. The number of halogens is 5. The first-order chi connectivity index (χ1) is 8.28. The van der Waals surface area contributed by atoms with Crippen LogP contribution >= 0.6 is 0 Å². The zero-order valence-electron chi connectivity index (χ0n) is 9.31. The van der Waals surface area contributed by atoms with Crippen molar-refractivity contribution in [3.8, 4) is 0 Å². The Morgan fingerprint density at radius 3 is 2.39 bits per heavy atom. The van der Waals surface area contributed by atoms with Gasteiger partial charge in [-0.3, -0.25) is 0 Å². The zero-order chi connectivity index (χ0) is 13.8. The van der Waals surface area contributed by atoms with Crippen LogP contribution in [0.25, 0.3) is 0 Å². The molecule has 0 radical (unpaired) electrons. The SMILES string of the molecule is NC(COCC(F)(F)F)Cc1ccc(F)c(F)c1. The molecule has 1 aromatic rings. The van der Waals surface area contributed by atoms with Gasteiger partial charge in [0.15, 0.2) is 11.6 Å². The van der Waals surface area contributed by atoms with Crippen molar-refractivity contribution in [1.29, 1.82) is 0 Å². The van der Waals surface area contributed by atoms with Crippen LogP contribution in [0.5, 0.6) is 0 Å². The van der Waals surface area contributed by atoms with Crippen LogP contribution in [-0.4, -0.2) is 25.4 Å². The molecule has 1 unspecified atom stereocenters. The van der Waals surface area contributed by atoms with Gasteiger partial charge in [-0.2, -0.15) is 13.2 Å². The number of alkyl halides is 3. The van der Waals surface area contributed by atoms with Crippen molar-refractivity contribution in [2.24, 2.45) is 5.73 Å². The molecule has 1 rings (SSSR count). The van der Waals surface area contributed by atoms with Crippen molar-refractivity contribution in [2.75, 3.05) is 13.2 Å². The fraction of sp³-hybridized carbons (Fsp3) is 0.455. The Morgan fingerprint density at radius 2 is 1.83 bits per heavy atom. The highest BCUT2D eigenvalue weighted by Crippen LogP contribution is 2.15. The third-order valence-electron chi connectivity index (χ3n) is 2.08. The molecule has 0 aromatic heterocycles. The summed E-state index contributed by atoms with van der Waals surface area (Å²) in [6, 6.07) is 2.51. The summed E-state index contributed by atoms with van der Waals surface area (Å²) in [5.74, 6) is -2.00. The molecule has 102 valence electrons. The highest BCUT2D eigenvalue weighted by Gasteiger charge is 2.27. The molecule has 0 spiro atoms. The Hall–Kier alpha value is -1.21. The van der Waals surface area contributed by atoms with Crippen LogP contribution in [0, 0.1) is 11.6 Å². The summed E-state index contributed by atoms with van der Waals surface area (Å²) in [6.07, 6.45) is -4.29. The molecule has 0 aliphatic carbocycles. The summed E-state index contributed by atoms with van der Waals surface area (Å²) in [6.45, 7) is -1.68. The van der Waals surface area contributed by atoms with Gasteiger partial charge >= 0.3 is 6.18 Å². The van der Waals surface area contributed by atoms with E-state index in [9.17, 15) is 22.0 Å². The Balaban J connectivity index is 2.40. The molecule has 2 N–H and O–H groups in total. The second kappa shape index (κ2) is 6.10. The van der Waals surface area contributed by atoms with Gasteiger partial charge in [-0.05, 0) is 24.1 Å². The van der Waals surface area contributed by atoms with Gasteiger partial charge in [-0.15, -0.1) is 0 Å². The standard InChI is InChI=1S/C11H12F5NO/c12-9-2-1-7(4-10(9)13)3-8(17)5-18-6-11(14,15)16/h1-2,4,8H,3,5-6,17H2. The van der Waals surface area contributed by atoms with Crippen LogP contribution in [-0.2, 0) is 11.2 Å². The van der Waals surface area contributed by atoms with E-state index in [1.54, 1.807) is 0 Å². The quantitative estimate of drug-likeness (QED) is 0.833. The molecule has 1 atom stereocenters. The lowest BCUT2D eigenvalue weighted by atomic mass is 10.1. The van der Waals surface area contributed by atoms with Crippen LogP contribution in [0.4, 0.5) is 22.0 Å². The van der Waals surface area contributed by atoms with E-state index in [1.165, 1.54) is 6.07 Å². The number of hydrogen-bond acceptors (Lipinski definition) is 2. The first-order valence-corrected chi connectivity index (χ1v) is 5.12. The average molecular weight is 269 g/mol. The van der Waals surface area contributed by atoms with Gasteiger partial charge in [0, 0.05) is 6.04 Å². The van der Waals surface area contributed by atoms with Crippen LogP contribution in [0.1, 0.15) is 5.56 Å². The average Bonchev–Trinajstić information content (AvgIpc) is 2.21. The Morgan fingerprint density at radius 1 is 1.17 bits per heavy atom. The van der Waals surface area contributed by atoms with E-state index in [1.807, 2.05) is 0 Å². The second-order valence-electron chi connectivity index (χ2n) is 3.84. The summed E-state index contributed by atoms with van der Waals surface area (Å²) >= 11 is 0. The normalized spacial score (nSPS) is 13.7. The smallest absolute Gasteiger partial charge is 0.370 e. The van der Waals surface area contributed by atoms with Crippen LogP contribution in [0.15, 0.2) is 18.2 Å². The second-order valence-corrected chi connectivity index (χ2v) is 3.84. The molecule has 0 saturated carbocycles. The summed E-state index contributed by atoms with van der Waals surface area (Å²) < 4.78 is 65.1. The predicted octanol–water partition coefficient (Wildman–Crippen LogP) is 2.41. The minimum absolute atomic E-state index is 0.106. The molecule has 0 heterocycles. The maximum Gasteiger partial charge on any atom is 0.411 e. The maximum atomic E-state index is 12.8. The maximum absolute atomic E-state index is 12.8. The minimum atomic E-state index is -4.40. The van der Waals surface area contributed by atoms with Crippen molar-refractivity contribution in [3.63, 3.8) is 0 Å². The molecule has 18 heavy (non-hydrogen) atoms. The Labute approximate surface area is 101 Å². The van der Waals surface area contributed by atoms with Gasteiger partial charge in [-0.25, -0.2) is 8.78 Å². The Bertz CT molecular complexity index is 394. The van der Waals surface area contributed by atoms with Crippen molar-refractivity contribution < 1.29 is 26.7 Å². The molecule has 1 aromatic carbocycles. The van der Waals surface area contributed by atoms with Crippen molar-refractivity contribution in [3.05, 3.63) is 35.4 Å².